The highest BCUT2D eigenvalue weighted by Crippen LogP contribution is 2.19. The summed E-state index contributed by atoms with van der Waals surface area (Å²) < 4.78 is 0. The van der Waals surface area contributed by atoms with Gasteiger partial charge in [-0.1, -0.05) is 30.3 Å². The fraction of sp³-hybridized carbons (Fsp3) is 0. The molecule has 4 heteroatoms. The molecule has 0 saturated heterocycles. The van der Waals surface area contributed by atoms with Crippen LogP contribution in [0.25, 0.3) is 0 Å². The van der Waals surface area contributed by atoms with E-state index in [1.54, 1.807) is 36.4 Å². The SMILES string of the molecule is O=C(c1cccc(C(=O)c2cccs2)c1)c1cccs1. The smallest absolute Gasteiger partial charge is 0.202 e. The zero-order valence-electron chi connectivity index (χ0n) is 10.4. The molecule has 1 aromatic carbocycles. The van der Waals surface area contributed by atoms with Gasteiger partial charge in [0.15, 0.2) is 0 Å². The minimum absolute atomic E-state index is 0.0409. The second-order valence-corrected chi connectivity index (χ2v) is 6.09. The lowest BCUT2D eigenvalue weighted by Crippen LogP contribution is -2.03. The number of carbonyl (C=O) groups excluding carboxylic acids is 2. The van der Waals surface area contributed by atoms with Crippen LogP contribution in [0.5, 0.6) is 0 Å². The van der Waals surface area contributed by atoms with E-state index in [-0.39, 0.29) is 11.6 Å². The second-order valence-electron chi connectivity index (χ2n) is 4.19. The molecule has 98 valence electrons. The molecular formula is C16H10O2S2. The van der Waals surface area contributed by atoms with Crippen molar-refractivity contribution in [1.82, 2.24) is 0 Å². The van der Waals surface area contributed by atoms with Crippen LogP contribution in [0, 0.1) is 0 Å². The van der Waals surface area contributed by atoms with Gasteiger partial charge in [-0.05, 0) is 29.0 Å². The Labute approximate surface area is 124 Å². The van der Waals surface area contributed by atoms with Crippen molar-refractivity contribution in [2.24, 2.45) is 0 Å². The molecule has 0 fully saturated rings. The molecule has 0 N–H and O–H groups in total. The number of carbonyl (C=O) groups is 2. The quantitative estimate of drug-likeness (QED) is 0.674. The third-order valence-corrected chi connectivity index (χ3v) is 4.61. The van der Waals surface area contributed by atoms with Crippen molar-refractivity contribution in [2.45, 2.75) is 0 Å². The summed E-state index contributed by atoms with van der Waals surface area (Å²) in [5, 5.41) is 3.74. The molecule has 0 atom stereocenters. The first-order chi connectivity index (χ1) is 9.75. The third kappa shape index (κ3) is 2.48. The molecule has 20 heavy (non-hydrogen) atoms. The number of hydrogen-bond acceptors (Lipinski definition) is 4. The van der Waals surface area contributed by atoms with Gasteiger partial charge in [-0.2, -0.15) is 0 Å². The Kier molecular flexibility index (Phi) is 3.58. The summed E-state index contributed by atoms with van der Waals surface area (Å²) in [5.41, 5.74) is 1.10. The van der Waals surface area contributed by atoms with Crippen LogP contribution in [-0.4, -0.2) is 11.6 Å². The van der Waals surface area contributed by atoms with Gasteiger partial charge in [-0.3, -0.25) is 9.59 Å². The van der Waals surface area contributed by atoms with Crippen molar-refractivity contribution in [1.29, 1.82) is 0 Å². The minimum Gasteiger partial charge on any atom is -0.288 e. The maximum absolute atomic E-state index is 12.3. The standard InChI is InChI=1S/C16H10O2S2/c17-15(13-6-2-8-19-13)11-4-1-5-12(10-11)16(18)14-7-3-9-20-14/h1-10H. The third-order valence-electron chi connectivity index (χ3n) is 2.88. The Bertz CT molecular complexity index is 679. The topological polar surface area (TPSA) is 34.1 Å². The second kappa shape index (κ2) is 5.53. The Morgan fingerprint density at radius 1 is 0.700 bits per heavy atom. The largest absolute Gasteiger partial charge is 0.288 e. The number of rotatable bonds is 4. The van der Waals surface area contributed by atoms with Crippen molar-refractivity contribution < 1.29 is 9.59 Å². The van der Waals surface area contributed by atoms with Gasteiger partial charge in [0.05, 0.1) is 9.75 Å². The number of ketones is 2. The van der Waals surface area contributed by atoms with Crippen LogP contribution in [0.4, 0.5) is 0 Å². The molecule has 0 aliphatic carbocycles. The van der Waals surface area contributed by atoms with Gasteiger partial charge in [0.1, 0.15) is 0 Å². The highest BCUT2D eigenvalue weighted by molar-refractivity contribution is 7.12. The fourth-order valence-electron chi connectivity index (χ4n) is 1.90. The van der Waals surface area contributed by atoms with Crippen LogP contribution in [0.2, 0.25) is 0 Å². The Hall–Kier alpha value is -2.04. The normalized spacial score (nSPS) is 10.4. The van der Waals surface area contributed by atoms with Crippen LogP contribution in [0.3, 0.4) is 0 Å². The van der Waals surface area contributed by atoms with Crippen molar-refractivity contribution in [2.75, 3.05) is 0 Å². The molecule has 2 heterocycles. The molecule has 0 aliphatic rings. The van der Waals surface area contributed by atoms with Gasteiger partial charge in [0.25, 0.3) is 0 Å². The van der Waals surface area contributed by atoms with Crippen LogP contribution in [0.1, 0.15) is 30.5 Å². The molecule has 0 aliphatic heterocycles. The van der Waals surface area contributed by atoms with Gasteiger partial charge in [-0.25, -0.2) is 0 Å². The van der Waals surface area contributed by atoms with Crippen LogP contribution in [0.15, 0.2) is 59.3 Å². The van der Waals surface area contributed by atoms with Gasteiger partial charge >= 0.3 is 0 Å². The summed E-state index contributed by atoms with van der Waals surface area (Å²) in [7, 11) is 0. The lowest BCUT2D eigenvalue weighted by atomic mass is 10.0. The first-order valence-electron chi connectivity index (χ1n) is 6.02. The summed E-state index contributed by atoms with van der Waals surface area (Å²) >= 11 is 2.81. The zero-order valence-corrected chi connectivity index (χ0v) is 12.0. The highest BCUT2D eigenvalue weighted by Gasteiger charge is 2.14. The van der Waals surface area contributed by atoms with Gasteiger partial charge in [0.2, 0.25) is 11.6 Å². The first kappa shape index (κ1) is 13.0. The fourth-order valence-corrected chi connectivity index (χ4v) is 3.27. The van der Waals surface area contributed by atoms with E-state index >= 15 is 0 Å². The van der Waals surface area contributed by atoms with E-state index in [1.807, 2.05) is 22.9 Å². The number of thiophene rings is 2. The monoisotopic (exact) mass is 298 g/mol. The maximum atomic E-state index is 12.3. The molecule has 0 saturated carbocycles. The maximum Gasteiger partial charge on any atom is 0.202 e. The van der Waals surface area contributed by atoms with Crippen molar-refractivity contribution in [3.05, 3.63) is 80.2 Å². The summed E-state index contributed by atoms with van der Waals surface area (Å²) in [6.07, 6.45) is 0. The van der Waals surface area contributed by atoms with Crippen molar-refractivity contribution in [3.8, 4) is 0 Å². The molecule has 2 nitrogen and oxygen atoms in total. The Morgan fingerprint density at radius 2 is 1.20 bits per heavy atom. The van der Waals surface area contributed by atoms with E-state index in [0.717, 1.165) is 0 Å². The minimum atomic E-state index is -0.0409. The molecular weight excluding hydrogens is 288 g/mol. The Morgan fingerprint density at radius 3 is 1.60 bits per heavy atom. The van der Waals surface area contributed by atoms with E-state index in [4.69, 9.17) is 0 Å². The molecule has 0 amide bonds. The molecule has 3 rings (SSSR count). The molecule has 2 aromatic heterocycles. The molecule has 0 radical (unpaired) electrons. The number of benzene rings is 1. The molecule has 3 aromatic rings. The summed E-state index contributed by atoms with van der Waals surface area (Å²) in [5.74, 6) is -0.0818. The van der Waals surface area contributed by atoms with Gasteiger partial charge in [0, 0.05) is 11.1 Å². The molecule has 0 unspecified atom stereocenters. The lowest BCUT2D eigenvalue weighted by molar-refractivity contribution is 0.104. The van der Waals surface area contributed by atoms with Crippen LogP contribution < -0.4 is 0 Å². The van der Waals surface area contributed by atoms with E-state index < -0.39 is 0 Å². The number of hydrogen-bond donors (Lipinski definition) is 0. The highest BCUT2D eigenvalue weighted by atomic mass is 32.1. The molecule has 0 bridgehead atoms. The van der Waals surface area contributed by atoms with Gasteiger partial charge < -0.3 is 0 Å². The van der Waals surface area contributed by atoms with E-state index in [1.165, 1.54) is 22.7 Å². The van der Waals surface area contributed by atoms with E-state index in [0.29, 0.717) is 20.9 Å². The van der Waals surface area contributed by atoms with Crippen LogP contribution in [-0.2, 0) is 0 Å². The van der Waals surface area contributed by atoms with E-state index in [9.17, 15) is 9.59 Å². The lowest BCUT2D eigenvalue weighted by Gasteiger charge is -2.02. The van der Waals surface area contributed by atoms with Crippen molar-refractivity contribution >= 4 is 34.2 Å². The summed E-state index contributed by atoms with van der Waals surface area (Å²) in [4.78, 5) is 25.9. The average molecular weight is 298 g/mol. The predicted octanol–water partition coefficient (Wildman–Crippen LogP) is 4.27. The molecule has 0 spiro atoms. The van der Waals surface area contributed by atoms with E-state index in [2.05, 4.69) is 0 Å². The van der Waals surface area contributed by atoms with Crippen LogP contribution >= 0.6 is 22.7 Å². The Balaban J connectivity index is 1.94. The zero-order chi connectivity index (χ0) is 13.9. The first-order valence-corrected chi connectivity index (χ1v) is 7.78. The summed E-state index contributed by atoms with van der Waals surface area (Å²) in [6.45, 7) is 0. The predicted molar refractivity (Wildman–Crippen MR) is 81.9 cm³/mol. The summed E-state index contributed by atoms with van der Waals surface area (Å²) in [6, 6.07) is 14.2. The van der Waals surface area contributed by atoms with Crippen molar-refractivity contribution in [3.63, 3.8) is 0 Å². The average Bonchev–Trinajstić information content (AvgIpc) is 3.18. The van der Waals surface area contributed by atoms with Gasteiger partial charge in [-0.15, -0.1) is 22.7 Å².